The van der Waals surface area contributed by atoms with E-state index < -0.39 is 11.6 Å². The van der Waals surface area contributed by atoms with Crippen molar-refractivity contribution in [1.29, 1.82) is 0 Å². The van der Waals surface area contributed by atoms with Crippen LogP contribution in [0.25, 0.3) is 0 Å². The second-order valence-corrected chi connectivity index (χ2v) is 7.47. The van der Waals surface area contributed by atoms with E-state index in [1.54, 1.807) is 0 Å². The summed E-state index contributed by atoms with van der Waals surface area (Å²) in [5.41, 5.74) is 1.04. The summed E-state index contributed by atoms with van der Waals surface area (Å²) in [5, 5.41) is 21.5. The fraction of sp³-hybridized carbons (Fsp3) is 0.611. The maximum absolute atomic E-state index is 10.8. The van der Waals surface area contributed by atoms with E-state index in [2.05, 4.69) is 57.3 Å². The Balaban J connectivity index is 2.46. The van der Waals surface area contributed by atoms with Crippen LogP contribution in [-0.4, -0.2) is 34.9 Å². The van der Waals surface area contributed by atoms with Crippen LogP contribution in [0.2, 0.25) is 0 Å². The number of aliphatic hydroxyl groups is 1. The quantitative estimate of drug-likeness (QED) is 0.724. The summed E-state index contributed by atoms with van der Waals surface area (Å²) < 4.78 is 0. The minimum absolute atomic E-state index is 0.0512. The van der Waals surface area contributed by atoms with Gasteiger partial charge in [-0.3, -0.25) is 0 Å². The Morgan fingerprint density at radius 3 is 2.18 bits per heavy atom. The summed E-state index contributed by atoms with van der Waals surface area (Å²) in [4.78, 5) is 10.8. The Bertz CT molecular complexity index is 486. The second-order valence-electron chi connectivity index (χ2n) is 7.47. The van der Waals surface area contributed by atoms with E-state index in [4.69, 9.17) is 5.11 Å². The van der Waals surface area contributed by atoms with Crippen LogP contribution in [0.1, 0.15) is 45.7 Å². The summed E-state index contributed by atoms with van der Waals surface area (Å²) in [5.74, 6) is -0.837. The van der Waals surface area contributed by atoms with E-state index in [-0.39, 0.29) is 12.0 Å². The van der Waals surface area contributed by atoms with Crippen LogP contribution in [0.15, 0.2) is 24.3 Å². The molecule has 0 aliphatic carbocycles. The fourth-order valence-electron chi connectivity index (χ4n) is 2.25. The molecular weight excluding hydrogens is 278 g/mol. The molecule has 2 unspecified atom stereocenters. The largest absolute Gasteiger partial charge is 0.479 e. The van der Waals surface area contributed by atoms with Crippen LogP contribution in [-0.2, 0) is 16.6 Å². The fourth-order valence-corrected chi connectivity index (χ4v) is 2.25. The molecule has 124 valence electrons. The number of rotatable bonds is 7. The van der Waals surface area contributed by atoms with Crippen molar-refractivity contribution in [2.45, 2.75) is 52.1 Å². The lowest BCUT2D eigenvalue weighted by Crippen LogP contribution is -2.45. The van der Waals surface area contributed by atoms with Gasteiger partial charge in [0.1, 0.15) is 0 Å². The van der Waals surface area contributed by atoms with Gasteiger partial charge in [0.05, 0.1) is 0 Å². The molecule has 0 spiro atoms. The number of hydrogen-bond acceptors (Lipinski definition) is 3. The van der Waals surface area contributed by atoms with E-state index in [1.165, 1.54) is 18.1 Å². The van der Waals surface area contributed by atoms with Crippen LogP contribution in [0.5, 0.6) is 0 Å². The maximum Gasteiger partial charge on any atom is 0.336 e. The number of benzene rings is 1. The molecule has 0 saturated carbocycles. The van der Waals surface area contributed by atoms with Gasteiger partial charge >= 0.3 is 5.97 Å². The number of carboxylic acid groups (broad SMARTS) is 1. The van der Waals surface area contributed by atoms with Crippen molar-refractivity contribution in [1.82, 2.24) is 5.32 Å². The van der Waals surface area contributed by atoms with Gasteiger partial charge in [-0.05, 0) is 42.3 Å². The van der Waals surface area contributed by atoms with Gasteiger partial charge in [-0.15, -0.1) is 0 Å². The zero-order valence-electron chi connectivity index (χ0n) is 14.3. The zero-order valence-corrected chi connectivity index (χ0v) is 14.3. The number of carbonyl (C=O) groups is 1. The normalized spacial score (nSPS) is 16.1. The minimum Gasteiger partial charge on any atom is -0.479 e. The Morgan fingerprint density at radius 2 is 1.73 bits per heavy atom. The van der Waals surface area contributed by atoms with Gasteiger partial charge < -0.3 is 15.5 Å². The predicted octanol–water partition coefficient (Wildman–Crippen LogP) is 2.59. The molecule has 0 heterocycles. The first kappa shape index (κ1) is 18.7. The van der Waals surface area contributed by atoms with Crippen LogP contribution in [0.4, 0.5) is 0 Å². The monoisotopic (exact) mass is 307 g/mol. The highest BCUT2D eigenvalue weighted by molar-refractivity contribution is 5.76. The van der Waals surface area contributed by atoms with Gasteiger partial charge in [0, 0.05) is 6.54 Å². The van der Waals surface area contributed by atoms with Crippen molar-refractivity contribution in [2.75, 3.05) is 13.1 Å². The lowest BCUT2D eigenvalue weighted by atomic mass is 9.86. The molecule has 0 fully saturated rings. The highest BCUT2D eigenvalue weighted by Gasteiger charge is 2.29. The second kappa shape index (κ2) is 7.25. The predicted molar refractivity (Wildman–Crippen MR) is 89.1 cm³/mol. The van der Waals surface area contributed by atoms with E-state index in [0.29, 0.717) is 12.5 Å². The number of carboxylic acids is 1. The first-order valence-corrected chi connectivity index (χ1v) is 7.78. The third kappa shape index (κ3) is 5.78. The first-order valence-electron chi connectivity index (χ1n) is 7.78. The molecular formula is C18H29NO3. The van der Waals surface area contributed by atoms with Crippen molar-refractivity contribution >= 4 is 5.97 Å². The number of aliphatic carboxylic acids is 1. The van der Waals surface area contributed by atoms with Crippen molar-refractivity contribution < 1.29 is 15.0 Å². The maximum atomic E-state index is 10.8. The number of nitrogens with one attached hydrogen (secondary N) is 1. The van der Waals surface area contributed by atoms with Gasteiger partial charge in [0.25, 0.3) is 0 Å². The van der Waals surface area contributed by atoms with Crippen molar-refractivity contribution in [3.8, 4) is 0 Å². The van der Waals surface area contributed by atoms with E-state index in [9.17, 15) is 9.90 Å². The molecule has 4 heteroatoms. The minimum atomic E-state index is -1.71. The van der Waals surface area contributed by atoms with Gasteiger partial charge in [0.2, 0.25) is 0 Å². The molecule has 0 bridgehead atoms. The Kier molecular flexibility index (Phi) is 6.15. The molecule has 1 rings (SSSR count). The summed E-state index contributed by atoms with van der Waals surface area (Å²) >= 11 is 0. The third-order valence-corrected chi connectivity index (χ3v) is 3.83. The summed E-state index contributed by atoms with van der Waals surface area (Å²) in [6.45, 7) is 10.7. The molecule has 1 aromatic carbocycles. The van der Waals surface area contributed by atoms with Crippen LogP contribution < -0.4 is 5.32 Å². The molecule has 0 saturated heterocycles. The van der Waals surface area contributed by atoms with Crippen molar-refractivity contribution in [3.63, 3.8) is 0 Å². The Hall–Kier alpha value is -1.39. The Morgan fingerprint density at radius 1 is 1.18 bits per heavy atom. The highest BCUT2D eigenvalue weighted by atomic mass is 16.4. The molecule has 22 heavy (non-hydrogen) atoms. The van der Waals surface area contributed by atoms with Crippen molar-refractivity contribution in [3.05, 3.63) is 35.4 Å². The SMILES string of the molecule is CC(CNCC(C)(O)C(=O)O)Cc1ccc(C(C)(C)C)cc1. The molecule has 0 amide bonds. The highest BCUT2D eigenvalue weighted by Crippen LogP contribution is 2.22. The smallest absolute Gasteiger partial charge is 0.336 e. The summed E-state index contributed by atoms with van der Waals surface area (Å²) in [7, 11) is 0. The molecule has 1 aromatic rings. The van der Waals surface area contributed by atoms with Crippen LogP contribution in [0.3, 0.4) is 0 Å². The summed E-state index contributed by atoms with van der Waals surface area (Å²) in [6.07, 6.45) is 0.923. The van der Waals surface area contributed by atoms with Gasteiger partial charge in [0.15, 0.2) is 5.60 Å². The molecule has 0 radical (unpaired) electrons. The molecule has 0 aromatic heterocycles. The van der Waals surface area contributed by atoms with Crippen LogP contribution >= 0.6 is 0 Å². The first-order chi connectivity index (χ1) is 10.0. The summed E-state index contributed by atoms with van der Waals surface area (Å²) in [6, 6.07) is 8.66. The van der Waals surface area contributed by atoms with Crippen molar-refractivity contribution in [2.24, 2.45) is 5.92 Å². The lowest BCUT2D eigenvalue weighted by Gasteiger charge is -2.21. The van der Waals surface area contributed by atoms with E-state index in [0.717, 1.165) is 6.42 Å². The third-order valence-electron chi connectivity index (χ3n) is 3.83. The number of hydrogen-bond donors (Lipinski definition) is 3. The van der Waals surface area contributed by atoms with E-state index >= 15 is 0 Å². The van der Waals surface area contributed by atoms with Gasteiger partial charge in [-0.1, -0.05) is 52.0 Å². The zero-order chi connectivity index (χ0) is 17.0. The topological polar surface area (TPSA) is 69.6 Å². The molecule has 0 aliphatic heterocycles. The van der Waals surface area contributed by atoms with E-state index in [1.807, 2.05) is 0 Å². The van der Waals surface area contributed by atoms with Gasteiger partial charge in [-0.2, -0.15) is 0 Å². The molecule has 3 N–H and O–H groups in total. The molecule has 2 atom stereocenters. The van der Waals surface area contributed by atoms with Crippen LogP contribution in [0, 0.1) is 5.92 Å². The standard InChI is InChI=1S/C18H29NO3/c1-13(11-19-12-18(5,22)16(20)21)10-14-6-8-15(9-7-14)17(2,3)4/h6-9,13,19,22H,10-12H2,1-5H3,(H,20,21). The molecule has 4 nitrogen and oxygen atoms in total. The lowest BCUT2D eigenvalue weighted by molar-refractivity contribution is -0.156. The average Bonchev–Trinajstić information content (AvgIpc) is 2.37. The Labute approximate surface area is 133 Å². The average molecular weight is 307 g/mol. The van der Waals surface area contributed by atoms with Gasteiger partial charge in [-0.25, -0.2) is 4.79 Å². The molecule has 0 aliphatic rings.